The van der Waals surface area contributed by atoms with Crippen molar-refractivity contribution in [3.63, 3.8) is 0 Å². The third-order valence-corrected chi connectivity index (χ3v) is 2.41. The lowest BCUT2D eigenvalue weighted by atomic mass is 10.2. The fraction of sp³-hybridized carbons (Fsp3) is 0.615. The van der Waals surface area contributed by atoms with Crippen LogP contribution in [0.15, 0.2) is 18.2 Å². The first-order chi connectivity index (χ1) is 8.36. The van der Waals surface area contributed by atoms with Crippen LogP contribution in [-0.4, -0.2) is 29.8 Å². The maximum Gasteiger partial charge on any atom is 0.215 e. The van der Waals surface area contributed by atoms with Gasteiger partial charge in [0.2, 0.25) is 5.88 Å². The Morgan fingerprint density at radius 2 is 2.06 bits per heavy atom. The summed E-state index contributed by atoms with van der Waals surface area (Å²) < 4.78 is 5.33. The van der Waals surface area contributed by atoms with Gasteiger partial charge in [-0.3, -0.25) is 0 Å². The van der Waals surface area contributed by atoms with Crippen LogP contribution in [0.5, 0.6) is 5.88 Å². The van der Waals surface area contributed by atoms with Crippen molar-refractivity contribution in [2.24, 2.45) is 0 Å². The number of nitrogens with one attached hydrogen (secondary N) is 1. The molecule has 1 aromatic heterocycles. The Bertz CT molecular complexity index is 305. The highest BCUT2D eigenvalue weighted by Crippen LogP contribution is 2.11. The van der Waals surface area contributed by atoms with Gasteiger partial charge < -0.3 is 15.2 Å². The van der Waals surface area contributed by atoms with Gasteiger partial charge in [-0.2, -0.15) is 4.98 Å². The monoisotopic (exact) mass is 238 g/mol. The van der Waals surface area contributed by atoms with Gasteiger partial charge in [-0.1, -0.05) is 18.9 Å². The molecule has 0 aliphatic heterocycles. The lowest BCUT2D eigenvalue weighted by Crippen LogP contribution is -2.04. The van der Waals surface area contributed by atoms with Crippen LogP contribution in [0.3, 0.4) is 0 Å². The largest absolute Gasteiger partial charge is 0.478 e. The molecule has 4 nitrogen and oxygen atoms in total. The summed E-state index contributed by atoms with van der Waals surface area (Å²) in [4.78, 5) is 4.32. The Hall–Kier alpha value is -1.29. The van der Waals surface area contributed by atoms with Crippen molar-refractivity contribution in [3.05, 3.63) is 18.2 Å². The minimum Gasteiger partial charge on any atom is -0.478 e. The van der Waals surface area contributed by atoms with E-state index in [1.54, 1.807) is 0 Å². The molecule has 4 heteroatoms. The molecule has 0 aromatic carbocycles. The third-order valence-electron chi connectivity index (χ3n) is 2.41. The molecule has 96 valence electrons. The van der Waals surface area contributed by atoms with Crippen molar-refractivity contribution in [3.8, 4) is 5.88 Å². The van der Waals surface area contributed by atoms with Crippen molar-refractivity contribution >= 4 is 5.82 Å². The zero-order valence-corrected chi connectivity index (χ0v) is 10.5. The normalized spacial score (nSPS) is 10.2. The van der Waals surface area contributed by atoms with E-state index in [1.807, 2.05) is 25.1 Å². The Balaban J connectivity index is 2.19. The van der Waals surface area contributed by atoms with E-state index in [4.69, 9.17) is 9.84 Å². The van der Waals surface area contributed by atoms with E-state index in [2.05, 4.69) is 10.3 Å². The number of pyridine rings is 1. The van der Waals surface area contributed by atoms with E-state index in [9.17, 15) is 0 Å². The van der Waals surface area contributed by atoms with Gasteiger partial charge in [-0.05, 0) is 25.8 Å². The highest BCUT2D eigenvalue weighted by atomic mass is 16.5. The molecule has 0 aliphatic carbocycles. The number of unbranched alkanes of at least 4 members (excludes halogenated alkanes) is 3. The minimum atomic E-state index is 0.297. The van der Waals surface area contributed by atoms with Crippen molar-refractivity contribution in [1.82, 2.24) is 4.98 Å². The molecule has 2 N–H and O–H groups in total. The quantitative estimate of drug-likeness (QED) is 0.649. The van der Waals surface area contributed by atoms with E-state index >= 15 is 0 Å². The first kappa shape index (κ1) is 13.8. The van der Waals surface area contributed by atoms with Gasteiger partial charge in [0, 0.05) is 19.2 Å². The van der Waals surface area contributed by atoms with Crippen molar-refractivity contribution in [2.75, 3.05) is 25.1 Å². The van der Waals surface area contributed by atoms with Crippen molar-refractivity contribution in [2.45, 2.75) is 32.6 Å². The maximum absolute atomic E-state index is 8.64. The third kappa shape index (κ3) is 6.12. The Morgan fingerprint density at radius 3 is 2.82 bits per heavy atom. The fourth-order valence-electron chi connectivity index (χ4n) is 1.55. The molecule has 0 spiro atoms. The van der Waals surface area contributed by atoms with Gasteiger partial charge in [0.1, 0.15) is 5.82 Å². The highest BCUT2D eigenvalue weighted by molar-refractivity contribution is 5.36. The van der Waals surface area contributed by atoms with Gasteiger partial charge in [0.05, 0.1) is 6.61 Å². The van der Waals surface area contributed by atoms with Crippen molar-refractivity contribution in [1.29, 1.82) is 0 Å². The van der Waals surface area contributed by atoms with Crippen LogP contribution in [-0.2, 0) is 0 Å². The number of hydrogen-bond donors (Lipinski definition) is 2. The van der Waals surface area contributed by atoms with Crippen LogP contribution in [0.25, 0.3) is 0 Å². The lowest BCUT2D eigenvalue weighted by molar-refractivity contribution is 0.283. The summed E-state index contributed by atoms with van der Waals surface area (Å²) in [6.07, 6.45) is 4.22. The molecular formula is C13H22N2O2. The number of aliphatic hydroxyl groups is 1. The van der Waals surface area contributed by atoms with Gasteiger partial charge in [-0.15, -0.1) is 0 Å². The molecule has 0 unspecified atom stereocenters. The molecular weight excluding hydrogens is 216 g/mol. The maximum atomic E-state index is 8.64. The van der Waals surface area contributed by atoms with E-state index in [0.29, 0.717) is 19.1 Å². The molecule has 0 fully saturated rings. The second-order valence-corrected chi connectivity index (χ2v) is 3.86. The Morgan fingerprint density at radius 1 is 1.24 bits per heavy atom. The van der Waals surface area contributed by atoms with Gasteiger partial charge in [0.25, 0.3) is 0 Å². The zero-order valence-electron chi connectivity index (χ0n) is 10.5. The molecule has 0 aliphatic rings. The average molecular weight is 238 g/mol. The minimum absolute atomic E-state index is 0.297. The molecule has 0 radical (unpaired) electrons. The predicted molar refractivity (Wildman–Crippen MR) is 69.4 cm³/mol. The molecule has 0 amide bonds. The van der Waals surface area contributed by atoms with Gasteiger partial charge in [-0.25, -0.2) is 0 Å². The average Bonchev–Trinajstić information content (AvgIpc) is 2.35. The molecule has 1 aromatic rings. The molecule has 17 heavy (non-hydrogen) atoms. The lowest BCUT2D eigenvalue weighted by Gasteiger charge is -2.07. The number of ether oxygens (including phenoxy) is 1. The second kappa shape index (κ2) is 8.82. The van der Waals surface area contributed by atoms with Crippen molar-refractivity contribution < 1.29 is 9.84 Å². The van der Waals surface area contributed by atoms with Crippen LogP contribution in [0, 0.1) is 0 Å². The summed E-state index contributed by atoms with van der Waals surface area (Å²) >= 11 is 0. The summed E-state index contributed by atoms with van der Waals surface area (Å²) in [7, 11) is 0. The Labute approximate surface area is 103 Å². The molecule has 1 rings (SSSR count). The van der Waals surface area contributed by atoms with Gasteiger partial charge in [0.15, 0.2) is 0 Å². The van der Waals surface area contributed by atoms with Crippen LogP contribution < -0.4 is 10.1 Å². The first-order valence-electron chi connectivity index (χ1n) is 6.31. The summed E-state index contributed by atoms with van der Waals surface area (Å²) in [6, 6.07) is 5.73. The number of hydrogen-bond acceptors (Lipinski definition) is 4. The van der Waals surface area contributed by atoms with Crippen LogP contribution in [0.2, 0.25) is 0 Å². The fourth-order valence-corrected chi connectivity index (χ4v) is 1.55. The number of aromatic nitrogens is 1. The molecule has 1 heterocycles. The van der Waals surface area contributed by atoms with Crippen LogP contribution in [0.4, 0.5) is 5.82 Å². The molecule has 0 saturated heterocycles. The zero-order chi connectivity index (χ0) is 12.3. The molecule has 0 bridgehead atoms. The SMILES string of the molecule is CCOc1cccc(NCCCCCCO)n1. The van der Waals surface area contributed by atoms with E-state index in [-0.39, 0.29) is 0 Å². The summed E-state index contributed by atoms with van der Waals surface area (Å²) in [5.74, 6) is 1.52. The highest BCUT2D eigenvalue weighted by Gasteiger charge is 1.97. The van der Waals surface area contributed by atoms with Crippen LogP contribution >= 0.6 is 0 Å². The number of rotatable bonds is 9. The Kier molecular flexibility index (Phi) is 7.14. The summed E-state index contributed by atoms with van der Waals surface area (Å²) in [5.41, 5.74) is 0. The second-order valence-electron chi connectivity index (χ2n) is 3.86. The van der Waals surface area contributed by atoms with Crippen LogP contribution in [0.1, 0.15) is 32.6 Å². The topological polar surface area (TPSA) is 54.4 Å². The molecule has 0 saturated carbocycles. The predicted octanol–water partition coefficient (Wildman–Crippen LogP) is 2.44. The van der Waals surface area contributed by atoms with E-state index in [1.165, 1.54) is 0 Å². The standard InChI is InChI=1S/C13H22N2O2/c1-2-17-13-9-7-8-12(15-13)14-10-5-3-4-6-11-16/h7-9,16H,2-6,10-11H2,1H3,(H,14,15). The number of anilines is 1. The number of aliphatic hydroxyl groups excluding tert-OH is 1. The van der Waals surface area contributed by atoms with Gasteiger partial charge >= 0.3 is 0 Å². The van der Waals surface area contributed by atoms with E-state index < -0.39 is 0 Å². The molecule has 0 atom stereocenters. The van der Waals surface area contributed by atoms with E-state index in [0.717, 1.165) is 38.0 Å². The smallest absolute Gasteiger partial charge is 0.215 e. The summed E-state index contributed by atoms with van der Waals surface area (Å²) in [5, 5.41) is 11.9. The number of nitrogens with zero attached hydrogens (tertiary/aromatic N) is 1. The first-order valence-corrected chi connectivity index (χ1v) is 6.31. The summed E-state index contributed by atoms with van der Waals surface area (Å²) in [6.45, 7) is 3.79.